The summed E-state index contributed by atoms with van der Waals surface area (Å²) < 4.78 is 5.93. The fourth-order valence-electron chi connectivity index (χ4n) is 4.21. The van der Waals surface area contributed by atoms with Gasteiger partial charge in [0.15, 0.2) is 5.96 Å². The molecule has 0 bridgehead atoms. The van der Waals surface area contributed by atoms with Crippen LogP contribution in [0.5, 0.6) is 0 Å². The Kier molecular flexibility index (Phi) is 6.05. The van der Waals surface area contributed by atoms with Crippen molar-refractivity contribution in [3.8, 4) is 0 Å². The van der Waals surface area contributed by atoms with Gasteiger partial charge in [0.25, 0.3) is 5.91 Å². The number of carbonyl (C=O) groups is 1. The van der Waals surface area contributed by atoms with E-state index >= 15 is 0 Å². The van der Waals surface area contributed by atoms with Crippen LogP contribution >= 0.6 is 0 Å². The SMILES string of the molecule is CCOC1CC(NC(=NC)NCc2ccc(C(=O)N(C)C)cc2)C12CCC2. The molecule has 0 aliphatic heterocycles. The third-order valence-electron chi connectivity index (χ3n) is 6.04. The molecule has 0 radical (unpaired) electrons. The lowest BCUT2D eigenvalue weighted by atomic mass is 9.51. The van der Waals surface area contributed by atoms with Crippen molar-refractivity contribution in [2.24, 2.45) is 10.4 Å². The molecule has 3 rings (SSSR count). The van der Waals surface area contributed by atoms with Gasteiger partial charge in [0.05, 0.1) is 6.10 Å². The molecule has 2 unspecified atom stereocenters. The molecule has 1 aromatic carbocycles. The fourth-order valence-corrected chi connectivity index (χ4v) is 4.21. The summed E-state index contributed by atoms with van der Waals surface area (Å²) in [5.41, 5.74) is 2.13. The van der Waals surface area contributed by atoms with E-state index in [0.29, 0.717) is 29.7 Å². The smallest absolute Gasteiger partial charge is 0.253 e. The quantitative estimate of drug-likeness (QED) is 0.594. The molecular weight excluding hydrogens is 340 g/mol. The average molecular weight is 373 g/mol. The highest BCUT2D eigenvalue weighted by Crippen LogP contribution is 2.57. The molecule has 1 aromatic rings. The molecule has 0 saturated heterocycles. The van der Waals surface area contributed by atoms with Gasteiger partial charge in [-0.2, -0.15) is 0 Å². The van der Waals surface area contributed by atoms with Crippen LogP contribution in [0.15, 0.2) is 29.3 Å². The molecule has 2 aliphatic carbocycles. The maximum atomic E-state index is 12.0. The zero-order valence-corrected chi connectivity index (χ0v) is 16.9. The molecule has 1 spiro atoms. The third-order valence-corrected chi connectivity index (χ3v) is 6.04. The minimum atomic E-state index is 0.0200. The van der Waals surface area contributed by atoms with E-state index in [1.165, 1.54) is 19.3 Å². The van der Waals surface area contributed by atoms with Crippen LogP contribution in [0.3, 0.4) is 0 Å². The predicted molar refractivity (Wildman–Crippen MR) is 108 cm³/mol. The Hall–Kier alpha value is -2.08. The Morgan fingerprint density at radius 2 is 2.00 bits per heavy atom. The first-order valence-electron chi connectivity index (χ1n) is 9.89. The molecule has 2 saturated carbocycles. The number of nitrogens with one attached hydrogen (secondary N) is 2. The molecule has 6 heteroatoms. The summed E-state index contributed by atoms with van der Waals surface area (Å²) in [6.07, 6.45) is 5.23. The van der Waals surface area contributed by atoms with Gasteiger partial charge in [0.1, 0.15) is 0 Å². The van der Waals surface area contributed by atoms with Crippen molar-refractivity contribution in [3.63, 3.8) is 0 Å². The van der Waals surface area contributed by atoms with Gasteiger partial charge < -0.3 is 20.3 Å². The summed E-state index contributed by atoms with van der Waals surface area (Å²) >= 11 is 0. The van der Waals surface area contributed by atoms with Crippen molar-refractivity contribution in [2.75, 3.05) is 27.7 Å². The van der Waals surface area contributed by atoms with Crippen LogP contribution < -0.4 is 10.6 Å². The molecule has 2 fully saturated rings. The highest BCUT2D eigenvalue weighted by atomic mass is 16.5. The third kappa shape index (κ3) is 3.95. The Morgan fingerprint density at radius 3 is 2.52 bits per heavy atom. The molecule has 27 heavy (non-hydrogen) atoms. The van der Waals surface area contributed by atoms with Gasteiger partial charge in [0.2, 0.25) is 0 Å². The van der Waals surface area contributed by atoms with Crippen molar-refractivity contribution in [3.05, 3.63) is 35.4 Å². The molecule has 2 atom stereocenters. The summed E-state index contributed by atoms with van der Waals surface area (Å²) in [5, 5.41) is 6.99. The Balaban J connectivity index is 1.52. The molecular formula is C21H32N4O2. The maximum Gasteiger partial charge on any atom is 0.253 e. The van der Waals surface area contributed by atoms with Crippen LogP contribution in [0.2, 0.25) is 0 Å². The van der Waals surface area contributed by atoms with Crippen LogP contribution in [-0.4, -0.2) is 56.7 Å². The van der Waals surface area contributed by atoms with E-state index in [4.69, 9.17) is 4.74 Å². The standard InChI is InChI=1S/C21H32N4O2/c1-5-27-18-13-17(21(18)11-6-12-21)24-20(22-2)23-14-15-7-9-16(10-8-15)19(26)25(3)4/h7-10,17-18H,5-6,11-14H2,1-4H3,(H2,22,23,24). The van der Waals surface area contributed by atoms with Gasteiger partial charge in [-0.15, -0.1) is 0 Å². The molecule has 1 amide bonds. The fraction of sp³-hybridized carbons (Fsp3) is 0.619. The first kappa shape index (κ1) is 19.7. The van der Waals surface area contributed by atoms with Gasteiger partial charge in [-0.05, 0) is 43.9 Å². The number of benzene rings is 1. The lowest BCUT2D eigenvalue weighted by Crippen LogP contribution is -2.68. The number of rotatable bonds is 6. The van der Waals surface area contributed by atoms with Crippen LogP contribution in [0.1, 0.15) is 48.5 Å². The predicted octanol–water partition coefficient (Wildman–Crippen LogP) is 2.40. The summed E-state index contributed by atoms with van der Waals surface area (Å²) in [6, 6.07) is 8.15. The van der Waals surface area contributed by atoms with Gasteiger partial charge in [-0.25, -0.2) is 0 Å². The van der Waals surface area contributed by atoms with Crippen molar-refractivity contribution in [2.45, 2.75) is 51.3 Å². The average Bonchev–Trinajstić information content (AvgIpc) is 2.61. The lowest BCUT2D eigenvalue weighted by molar-refractivity contribution is -0.168. The molecule has 6 nitrogen and oxygen atoms in total. The summed E-state index contributed by atoms with van der Waals surface area (Å²) in [6.45, 7) is 3.54. The first-order valence-corrected chi connectivity index (χ1v) is 9.89. The topological polar surface area (TPSA) is 66.0 Å². The highest BCUT2D eigenvalue weighted by molar-refractivity contribution is 5.93. The molecule has 0 aromatic heterocycles. The number of nitrogens with zero attached hydrogens (tertiary/aromatic N) is 2. The number of guanidine groups is 1. The lowest BCUT2D eigenvalue weighted by Gasteiger charge is -2.61. The Labute approximate surface area is 162 Å². The minimum Gasteiger partial charge on any atom is -0.378 e. The van der Waals surface area contributed by atoms with Gasteiger partial charge in [-0.3, -0.25) is 9.79 Å². The second-order valence-electron chi connectivity index (χ2n) is 7.79. The van der Waals surface area contributed by atoms with E-state index in [2.05, 4.69) is 22.5 Å². The number of carbonyl (C=O) groups excluding carboxylic acids is 1. The monoisotopic (exact) mass is 372 g/mol. The van der Waals surface area contributed by atoms with Gasteiger partial charge in [-0.1, -0.05) is 18.6 Å². The maximum absolute atomic E-state index is 12.0. The minimum absolute atomic E-state index is 0.0200. The number of hydrogen-bond donors (Lipinski definition) is 2. The van der Waals surface area contributed by atoms with Crippen LogP contribution in [0, 0.1) is 5.41 Å². The van der Waals surface area contributed by atoms with Gasteiger partial charge in [0, 0.05) is 51.3 Å². The van der Waals surface area contributed by atoms with Crippen LogP contribution in [0.25, 0.3) is 0 Å². The van der Waals surface area contributed by atoms with Gasteiger partial charge >= 0.3 is 0 Å². The normalized spacial score (nSPS) is 23.3. The zero-order chi connectivity index (χ0) is 19.4. The second kappa shape index (κ2) is 8.30. The Bertz CT molecular complexity index is 680. The molecule has 0 heterocycles. The molecule has 2 N–H and O–H groups in total. The van der Waals surface area contributed by atoms with Crippen LogP contribution in [-0.2, 0) is 11.3 Å². The van der Waals surface area contributed by atoms with Crippen molar-refractivity contribution in [1.82, 2.24) is 15.5 Å². The number of ether oxygens (including phenoxy) is 1. The number of aliphatic imine (C=N–C) groups is 1. The van der Waals surface area contributed by atoms with Crippen LogP contribution in [0.4, 0.5) is 0 Å². The number of hydrogen-bond acceptors (Lipinski definition) is 3. The largest absolute Gasteiger partial charge is 0.378 e. The summed E-state index contributed by atoms with van der Waals surface area (Å²) in [5.74, 6) is 0.848. The summed E-state index contributed by atoms with van der Waals surface area (Å²) in [4.78, 5) is 17.9. The second-order valence-corrected chi connectivity index (χ2v) is 7.79. The van der Waals surface area contributed by atoms with E-state index in [-0.39, 0.29) is 5.91 Å². The van der Waals surface area contributed by atoms with Crippen molar-refractivity contribution < 1.29 is 9.53 Å². The van der Waals surface area contributed by atoms with Crippen molar-refractivity contribution in [1.29, 1.82) is 0 Å². The van der Waals surface area contributed by atoms with E-state index in [1.807, 2.05) is 24.3 Å². The Morgan fingerprint density at radius 1 is 1.30 bits per heavy atom. The van der Waals surface area contributed by atoms with E-state index in [1.54, 1.807) is 26.0 Å². The van der Waals surface area contributed by atoms with E-state index in [9.17, 15) is 4.79 Å². The van der Waals surface area contributed by atoms with E-state index in [0.717, 1.165) is 24.6 Å². The molecule has 148 valence electrons. The van der Waals surface area contributed by atoms with Crippen molar-refractivity contribution >= 4 is 11.9 Å². The summed E-state index contributed by atoms with van der Waals surface area (Å²) in [7, 11) is 5.33. The zero-order valence-electron chi connectivity index (χ0n) is 16.9. The van der Waals surface area contributed by atoms with E-state index < -0.39 is 0 Å². The first-order chi connectivity index (χ1) is 13.0. The highest BCUT2D eigenvalue weighted by Gasteiger charge is 2.59. The number of amides is 1. The molecule has 2 aliphatic rings.